The minimum absolute atomic E-state index is 0.403. The third kappa shape index (κ3) is 3.88. The molecule has 0 fully saturated rings. The van der Waals surface area contributed by atoms with Gasteiger partial charge in [-0.15, -0.1) is 0 Å². The van der Waals surface area contributed by atoms with E-state index in [1.54, 1.807) is 12.5 Å². The van der Waals surface area contributed by atoms with E-state index in [0.717, 1.165) is 17.2 Å². The van der Waals surface area contributed by atoms with Gasteiger partial charge in [-0.3, -0.25) is 0 Å². The molecule has 146 valence electrons. The first-order valence-corrected chi connectivity index (χ1v) is 9.33. The summed E-state index contributed by atoms with van der Waals surface area (Å²) in [6.07, 6.45) is 3.29. The van der Waals surface area contributed by atoms with Crippen molar-refractivity contribution in [3.63, 3.8) is 0 Å². The summed E-state index contributed by atoms with van der Waals surface area (Å²) in [7, 11) is 0. The molecule has 0 aliphatic heterocycles. The van der Waals surface area contributed by atoms with Crippen molar-refractivity contribution in [3.05, 3.63) is 85.3 Å². The van der Waals surface area contributed by atoms with Gasteiger partial charge in [0.05, 0.1) is 6.33 Å². The Hall–Kier alpha value is -4.46. The Labute approximate surface area is 172 Å². The second kappa shape index (κ2) is 7.88. The number of H-pyrrole nitrogens is 1. The first kappa shape index (κ1) is 17.6. The maximum Gasteiger partial charge on any atom is 0.232 e. The molecule has 0 saturated carbocycles. The fraction of sp³-hybridized carbons (Fsp3) is 0. The van der Waals surface area contributed by atoms with Crippen LogP contribution in [-0.2, 0) is 0 Å². The van der Waals surface area contributed by atoms with Gasteiger partial charge in [-0.1, -0.05) is 24.3 Å². The van der Waals surface area contributed by atoms with E-state index in [2.05, 4.69) is 35.6 Å². The maximum absolute atomic E-state index is 5.84. The lowest BCUT2D eigenvalue weighted by Crippen LogP contribution is -2.03. The van der Waals surface area contributed by atoms with Crippen LogP contribution in [0.15, 0.2) is 85.3 Å². The van der Waals surface area contributed by atoms with Crippen LogP contribution in [0.4, 0.5) is 23.3 Å². The number of rotatable bonds is 6. The molecule has 0 saturated heterocycles. The SMILES string of the molecule is c1ccc(Oc2ccc(Nc3nc(Nc4ccccn4)nc4nc[nH]c34)cc2)cc1. The van der Waals surface area contributed by atoms with E-state index < -0.39 is 0 Å². The van der Waals surface area contributed by atoms with Gasteiger partial charge in [-0.25, -0.2) is 9.97 Å². The van der Waals surface area contributed by atoms with E-state index in [9.17, 15) is 0 Å². The fourth-order valence-corrected chi connectivity index (χ4v) is 2.90. The van der Waals surface area contributed by atoms with Crippen molar-refractivity contribution in [1.82, 2.24) is 24.9 Å². The normalized spacial score (nSPS) is 10.7. The number of fused-ring (bicyclic) bond motifs is 1. The number of nitrogens with one attached hydrogen (secondary N) is 3. The first-order chi connectivity index (χ1) is 14.8. The van der Waals surface area contributed by atoms with Gasteiger partial charge in [0, 0.05) is 11.9 Å². The van der Waals surface area contributed by atoms with Crippen LogP contribution in [0, 0.1) is 0 Å². The van der Waals surface area contributed by atoms with E-state index in [1.165, 1.54) is 0 Å². The second-order valence-corrected chi connectivity index (χ2v) is 6.40. The van der Waals surface area contributed by atoms with Gasteiger partial charge >= 0.3 is 0 Å². The molecule has 30 heavy (non-hydrogen) atoms. The summed E-state index contributed by atoms with van der Waals surface area (Å²) in [5, 5.41) is 6.41. The number of nitrogens with zero attached hydrogens (tertiary/aromatic N) is 4. The molecule has 3 heterocycles. The van der Waals surface area contributed by atoms with Crippen molar-refractivity contribution >= 4 is 34.4 Å². The van der Waals surface area contributed by atoms with Gasteiger partial charge < -0.3 is 20.4 Å². The van der Waals surface area contributed by atoms with Crippen LogP contribution in [0.1, 0.15) is 0 Å². The molecule has 0 radical (unpaired) electrons. The van der Waals surface area contributed by atoms with Crippen LogP contribution in [0.5, 0.6) is 11.5 Å². The molecular weight excluding hydrogens is 378 g/mol. The summed E-state index contributed by atoms with van der Waals surface area (Å²) in [5.41, 5.74) is 2.12. The van der Waals surface area contributed by atoms with E-state index in [1.807, 2.05) is 72.8 Å². The van der Waals surface area contributed by atoms with Crippen LogP contribution in [0.3, 0.4) is 0 Å². The molecule has 8 heteroatoms. The average molecular weight is 395 g/mol. The van der Waals surface area contributed by atoms with Crippen molar-refractivity contribution in [1.29, 1.82) is 0 Å². The minimum Gasteiger partial charge on any atom is -0.457 e. The molecule has 5 aromatic rings. The number of para-hydroxylation sites is 1. The Kier molecular flexibility index (Phi) is 4.63. The standard InChI is InChI=1S/C22H17N7O/c1-2-6-16(7-3-1)30-17-11-9-15(10-12-17)26-21-19-20(25-14-24-19)28-22(29-21)27-18-8-4-5-13-23-18/h1-14H,(H3,23,24,25,26,27,28,29). The van der Waals surface area contributed by atoms with Gasteiger partial charge in [0.15, 0.2) is 11.5 Å². The lowest BCUT2D eigenvalue weighted by molar-refractivity contribution is 0.483. The molecule has 0 spiro atoms. The highest BCUT2D eigenvalue weighted by atomic mass is 16.5. The summed E-state index contributed by atoms with van der Waals surface area (Å²) < 4.78 is 5.84. The lowest BCUT2D eigenvalue weighted by Gasteiger charge is -2.10. The summed E-state index contributed by atoms with van der Waals surface area (Å²) in [4.78, 5) is 20.6. The number of hydrogen-bond acceptors (Lipinski definition) is 7. The van der Waals surface area contributed by atoms with Crippen molar-refractivity contribution in [3.8, 4) is 11.5 Å². The summed E-state index contributed by atoms with van der Waals surface area (Å²) in [6, 6.07) is 22.9. The van der Waals surface area contributed by atoms with E-state index in [0.29, 0.717) is 28.7 Å². The number of imidazole rings is 1. The second-order valence-electron chi connectivity index (χ2n) is 6.40. The molecule has 0 aliphatic rings. The first-order valence-electron chi connectivity index (χ1n) is 9.33. The van der Waals surface area contributed by atoms with E-state index >= 15 is 0 Å². The topological polar surface area (TPSA) is 101 Å². The zero-order valence-electron chi connectivity index (χ0n) is 15.8. The third-order valence-corrected chi connectivity index (χ3v) is 4.29. The minimum atomic E-state index is 0.403. The quantitative estimate of drug-likeness (QED) is 0.371. The van der Waals surface area contributed by atoms with Crippen LogP contribution >= 0.6 is 0 Å². The van der Waals surface area contributed by atoms with Gasteiger partial charge in [0.1, 0.15) is 22.8 Å². The molecule has 0 aliphatic carbocycles. The van der Waals surface area contributed by atoms with Gasteiger partial charge in [-0.2, -0.15) is 9.97 Å². The highest BCUT2D eigenvalue weighted by molar-refractivity contribution is 5.86. The molecule has 3 N–H and O–H groups in total. The number of ether oxygens (including phenoxy) is 1. The predicted octanol–water partition coefficient (Wildman–Crippen LogP) is 5.03. The number of benzene rings is 2. The third-order valence-electron chi connectivity index (χ3n) is 4.29. The van der Waals surface area contributed by atoms with Crippen LogP contribution in [0.25, 0.3) is 11.2 Å². The Morgan fingerprint density at radius 1 is 0.733 bits per heavy atom. The molecular formula is C22H17N7O. The monoisotopic (exact) mass is 395 g/mol. The number of hydrogen-bond donors (Lipinski definition) is 3. The largest absolute Gasteiger partial charge is 0.457 e. The molecule has 5 rings (SSSR count). The Bertz CT molecular complexity index is 1260. The van der Waals surface area contributed by atoms with Crippen LogP contribution < -0.4 is 15.4 Å². The smallest absolute Gasteiger partial charge is 0.232 e. The van der Waals surface area contributed by atoms with Crippen LogP contribution in [0.2, 0.25) is 0 Å². The Morgan fingerprint density at radius 3 is 2.33 bits per heavy atom. The molecule has 3 aromatic heterocycles. The van der Waals surface area contributed by atoms with Gasteiger partial charge in [0.2, 0.25) is 5.95 Å². The molecule has 0 atom stereocenters. The number of aromatic nitrogens is 5. The predicted molar refractivity (Wildman–Crippen MR) is 115 cm³/mol. The molecule has 0 bridgehead atoms. The summed E-state index contributed by atoms with van der Waals surface area (Å²) >= 11 is 0. The average Bonchev–Trinajstić information content (AvgIpc) is 3.26. The highest BCUT2D eigenvalue weighted by Gasteiger charge is 2.11. The van der Waals surface area contributed by atoms with Crippen molar-refractivity contribution in [2.24, 2.45) is 0 Å². The number of pyridine rings is 1. The zero-order valence-corrected chi connectivity index (χ0v) is 15.8. The number of aromatic amines is 1. The molecule has 0 amide bonds. The molecule has 8 nitrogen and oxygen atoms in total. The highest BCUT2D eigenvalue weighted by Crippen LogP contribution is 2.27. The van der Waals surface area contributed by atoms with Crippen molar-refractivity contribution in [2.75, 3.05) is 10.6 Å². The number of anilines is 4. The Morgan fingerprint density at radius 2 is 1.53 bits per heavy atom. The summed E-state index contributed by atoms with van der Waals surface area (Å²) in [5.74, 6) is 3.20. The van der Waals surface area contributed by atoms with Gasteiger partial charge in [0.25, 0.3) is 0 Å². The van der Waals surface area contributed by atoms with Crippen LogP contribution in [-0.4, -0.2) is 24.9 Å². The fourth-order valence-electron chi connectivity index (χ4n) is 2.90. The maximum atomic E-state index is 5.84. The lowest BCUT2D eigenvalue weighted by atomic mass is 10.3. The zero-order chi connectivity index (χ0) is 20.2. The van der Waals surface area contributed by atoms with Gasteiger partial charge in [-0.05, 0) is 48.5 Å². The Balaban J connectivity index is 1.38. The van der Waals surface area contributed by atoms with E-state index in [-0.39, 0.29) is 0 Å². The van der Waals surface area contributed by atoms with Crippen molar-refractivity contribution < 1.29 is 4.74 Å². The van der Waals surface area contributed by atoms with E-state index in [4.69, 9.17) is 4.74 Å². The molecule has 0 unspecified atom stereocenters. The van der Waals surface area contributed by atoms with Crippen molar-refractivity contribution in [2.45, 2.75) is 0 Å². The molecule has 2 aromatic carbocycles. The summed E-state index contributed by atoms with van der Waals surface area (Å²) in [6.45, 7) is 0.